The summed E-state index contributed by atoms with van der Waals surface area (Å²) in [5.41, 5.74) is 5.01. The molecule has 2 saturated heterocycles. The zero-order valence-corrected chi connectivity index (χ0v) is 13.9. The number of nitrogens with one attached hydrogen (secondary N) is 2. The largest absolute Gasteiger partial charge is 0.327 e. The van der Waals surface area contributed by atoms with E-state index < -0.39 is 5.54 Å². The second-order valence-electron chi connectivity index (χ2n) is 7.14. The van der Waals surface area contributed by atoms with Gasteiger partial charge < -0.3 is 4.90 Å². The zero-order valence-electron chi connectivity index (χ0n) is 13.9. The van der Waals surface area contributed by atoms with E-state index in [0.29, 0.717) is 13.1 Å². The SMILES string of the molecule is CN1C(=O)N(CC(=O)C2CNNC2)C(=O)C1(C)C1CCCCC1. The molecular weight excluding hydrogens is 296 g/mol. The van der Waals surface area contributed by atoms with Gasteiger partial charge in [-0.3, -0.25) is 25.3 Å². The summed E-state index contributed by atoms with van der Waals surface area (Å²) in [6.07, 6.45) is 5.35. The third kappa shape index (κ3) is 2.65. The first kappa shape index (κ1) is 16.4. The Morgan fingerprint density at radius 3 is 2.39 bits per heavy atom. The van der Waals surface area contributed by atoms with Gasteiger partial charge in [-0.15, -0.1) is 0 Å². The number of hydrogen-bond donors (Lipinski definition) is 2. The van der Waals surface area contributed by atoms with Gasteiger partial charge in [0.25, 0.3) is 5.91 Å². The first-order valence-electron chi connectivity index (χ1n) is 8.54. The molecule has 1 unspecified atom stereocenters. The second-order valence-corrected chi connectivity index (χ2v) is 7.14. The molecule has 2 N–H and O–H groups in total. The summed E-state index contributed by atoms with van der Waals surface area (Å²) in [5, 5.41) is 0. The smallest absolute Gasteiger partial charge is 0.313 e. The standard InChI is InChI=1S/C16H26N4O3/c1-16(12-6-4-3-5-7-12)14(22)20(15(23)19(16)2)10-13(21)11-8-17-18-9-11/h11-12,17-18H,3-10H2,1-2H3. The highest BCUT2D eigenvalue weighted by Gasteiger charge is 2.56. The zero-order chi connectivity index (χ0) is 16.6. The number of Topliss-reactive ketones (excluding diaryl/α,β-unsaturated/α-hetero) is 1. The van der Waals surface area contributed by atoms with Gasteiger partial charge in [0.2, 0.25) is 0 Å². The lowest BCUT2D eigenvalue weighted by Gasteiger charge is -2.38. The topological polar surface area (TPSA) is 81.8 Å². The van der Waals surface area contributed by atoms with Crippen molar-refractivity contribution in [3.63, 3.8) is 0 Å². The van der Waals surface area contributed by atoms with Crippen LogP contribution >= 0.6 is 0 Å². The van der Waals surface area contributed by atoms with E-state index in [4.69, 9.17) is 0 Å². The fourth-order valence-corrected chi connectivity index (χ4v) is 4.11. The van der Waals surface area contributed by atoms with Crippen molar-refractivity contribution in [2.45, 2.75) is 44.6 Å². The van der Waals surface area contributed by atoms with E-state index in [1.54, 1.807) is 11.9 Å². The van der Waals surface area contributed by atoms with Crippen LogP contribution in [0, 0.1) is 11.8 Å². The van der Waals surface area contributed by atoms with Gasteiger partial charge >= 0.3 is 6.03 Å². The van der Waals surface area contributed by atoms with Gasteiger partial charge in [0.05, 0.1) is 6.54 Å². The Labute approximate surface area is 136 Å². The summed E-state index contributed by atoms with van der Waals surface area (Å²) in [6, 6.07) is -0.338. The van der Waals surface area contributed by atoms with Crippen LogP contribution in [-0.2, 0) is 9.59 Å². The summed E-state index contributed by atoms with van der Waals surface area (Å²) >= 11 is 0. The van der Waals surface area contributed by atoms with Crippen molar-refractivity contribution in [2.75, 3.05) is 26.7 Å². The predicted molar refractivity (Wildman–Crippen MR) is 84.4 cm³/mol. The second kappa shape index (κ2) is 6.20. The molecule has 0 spiro atoms. The van der Waals surface area contributed by atoms with Gasteiger partial charge in [0.15, 0.2) is 5.78 Å². The average Bonchev–Trinajstić information content (AvgIpc) is 3.16. The molecular formula is C16H26N4O3. The molecule has 23 heavy (non-hydrogen) atoms. The molecule has 0 aromatic carbocycles. The van der Waals surface area contributed by atoms with Crippen LogP contribution in [0.3, 0.4) is 0 Å². The minimum atomic E-state index is -0.802. The maximum Gasteiger partial charge on any atom is 0.327 e. The van der Waals surface area contributed by atoms with E-state index >= 15 is 0 Å². The van der Waals surface area contributed by atoms with Gasteiger partial charge in [-0.1, -0.05) is 19.3 Å². The number of imide groups is 1. The van der Waals surface area contributed by atoms with Gasteiger partial charge in [0, 0.05) is 26.1 Å². The number of ketones is 1. The van der Waals surface area contributed by atoms with E-state index in [-0.39, 0.29) is 36.1 Å². The number of likely N-dealkylation sites (N-methyl/N-ethyl adjacent to an activating group) is 1. The van der Waals surface area contributed by atoms with Gasteiger partial charge in [0.1, 0.15) is 5.54 Å². The summed E-state index contributed by atoms with van der Waals surface area (Å²) in [5.74, 6) is -0.260. The fourth-order valence-electron chi connectivity index (χ4n) is 4.11. The molecule has 0 radical (unpaired) electrons. The predicted octanol–water partition coefficient (Wildman–Crippen LogP) is 0.513. The van der Waals surface area contributed by atoms with Crippen molar-refractivity contribution in [1.82, 2.24) is 20.7 Å². The lowest BCUT2D eigenvalue weighted by molar-refractivity contribution is -0.138. The van der Waals surface area contributed by atoms with Crippen LogP contribution < -0.4 is 10.9 Å². The highest BCUT2D eigenvalue weighted by molar-refractivity contribution is 6.09. The van der Waals surface area contributed by atoms with Crippen molar-refractivity contribution in [2.24, 2.45) is 11.8 Å². The highest BCUT2D eigenvalue weighted by Crippen LogP contribution is 2.40. The molecule has 2 heterocycles. The Balaban J connectivity index is 1.75. The number of rotatable bonds is 4. The van der Waals surface area contributed by atoms with Gasteiger partial charge in [-0.05, 0) is 25.7 Å². The van der Waals surface area contributed by atoms with Crippen LogP contribution in [0.25, 0.3) is 0 Å². The molecule has 3 amide bonds. The Bertz CT molecular complexity index is 511. The molecule has 7 heteroatoms. The molecule has 2 aliphatic heterocycles. The average molecular weight is 322 g/mol. The summed E-state index contributed by atoms with van der Waals surface area (Å²) in [7, 11) is 1.69. The molecule has 3 rings (SSSR count). The molecule has 0 aromatic heterocycles. The lowest BCUT2D eigenvalue weighted by Crippen LogP contribution is -2.52. The van der Waals surface area contributed by atoms with E-state index in [1.165, 1.54) is 6.42 Å². The highest BCUT2D eigenvalue weighted by atomic mass is 16.2. The molecule has 0 aromatic rings. The van der Waals surface area contributed by atoms with Gasteiger partial charge in [-0.2, -0.15) is 0 Å². The van der Waals surface area contributed by atoms with Crippen LogP contribution in [0.1, 0.15) is 39.0 Å². The third-order valence-electron chi connectivity index (χ3n) is 5.88. The third-order valence-corrected chi connectivity index (χ3v) is 5.88. The number of hydrazine groups is 1. The van der Waals surface area contributed by atoms with Crippen LogP contribution in [0.2, 0.25) is 0 Å². The van der Waals surface area contributed by atoms with E-state index in [1.807, 2.05) is 6.92 Å². The molecule has 7 nitrogen and oxygen atoms in total. The molecule has 1 aliphatic carbocycles. The number of amides is 3. The number of carbonyl (C=O) groups is 3. The van der Waals surface area contributed by atoms with Crippen LogP contribution in [-0.4, -0.2) is 59.7 Å². The monoisotopic (exact) mass is 322 g/mol. The fraction of sp³-hybridized carbons (Fsp3) is 0.812. The number of nitrogens with zero attached hydrogens (tertiary/aromatic N) is 2. The Morgan fingerprint density at radius 2 is 1.78 bits per heavy atom. The Morgan fingerprint density at radius 1 is 1.17 bits per heavy atom. The number of urea groups is 1. The van der Waals surface area contributed by atoms with Crippen LogP contribution in [0.4, 0.5) is 4.79 Å². The van der Waals surface area contributed by atoms with Crippen LogP contribution in [0.5, 0.6) is 0 Å². The first-order chi connectivity index (χ1) is 11.0. The van der Waals surface area contributed by atoms with E-state index in [0.717, 1.165) is 30.6 Å². The van der Waals surface area contributed by atoms with Crippen molar-refractivity contribution in [1.29, 1.82) is 0 Å². The normalized spacial score (nSPS) is 30.5. The summed E-state index contributed by atoms with van der Waals surface area (Å²) in [4.78, 5) is 40.6. The number of hydrogen-bond acceptors (Lipinski definition) is 5. The summed E-state index contributed by atoms with van der Waals surface area (Å²) < 4.78 is 0. The maximum absolute atomic E-state index is 13.0. The first-order valence-corrected chi connectivity index (χ1v) is 8.54. The minimum absolute atomic E-state index is 0.0644. The minimum Gasteiger partial charge on any atom is -0.313 e. The van der Waals surface area contributed by atoms with E-state index in [9.17, 15) is 14.4 Å². The molecule has 0 bridgehead atoms. The van der Waals surface area contributed by atoms with Crippen molar-refractivity contribution in [3.05, 3.63) is 0 Å². The van der Waals surface area contributed by atoms with Crippen molar-refractivity contribution in [3.8, 4) is 0 Å². The maximum atomic E-state index is 13.0. The number of carbonyl (C=O) groups excluding carboxylic acids is 3. The quantitative estimate of drug-likeness (QED) is 0.737. The lowest BCUT2D eigenvalue weighted by atomic mass is 9.75. The van der Waals surface area contributed by atoms with Crippen LogP contribution in [0.15, 0.2) is 0 Å². The molecule has 128 valence electrons. The Kier molecular flexibility index (Phi) is 4.42. The Hall–Kier alpha value is -1.47. The van der Waals surface area contributed by atoms with Gasteiger partial charge in [-0.25, -0.2) is 4.79 Å². The van der Waals surface area contributed by atoms with Crippen molar-refractivity contribution >= 4 is 17.7 Å². The summed E-state index contributed by atoms with van der Waals surface area (Å²) in [6.45, 7) is 2.85. The van der Waals surface area contributed by atoms with Crippen molar-refractivity contribution < 1.29 is 14.4 Å². The molecule has 1 saturated carbocycles. The van der Waals surface area contributed by atoms with E-state index in [2.05, 4.69) is 10.9 Å². The molecule has 1 atom stereocenters. The molecule has 3 aliphatic rings. The molecule has 3 fully saturated rings.